The molecule has 0 aliphatic carbocycles. The van der Waals surface area contributed by atoms with E-state index in [1.165, 1.54) is 10.9 Å². The Morgan fingerprint density at radius 3 is 2.89 bits per heavy atom. The van der Waals surface area contributed by atoms with Crippen LogP contribution in [0.25, 0.3) is 16.9 Å². The average molecular weight is 474 g/mol. The molecule has 93 valence electrons. The molecule has 10 heteroatoms. The zero-order valence-corrected chi connectivity index (χ0v) is 16.3. The minimum absolute atomic E-state index is 0. The van der Waals surface area contributed by atoms with Gasteiger partial charge in [-0.15, -0.1) is 12.0 Å². The van der Waals surface area contributed by atoms with E-state index in [1.807, 2.05) is 0 Å². The Labute approximate surface area is 169 Å². The molecule has 3 aromatic rings. The molecule has 0 saturated carbocycles. The number of aromatic nitrogens is 6. The van der Waals surface area contributed by atoms with Gasteiger partial charge in [0.2, 0.25) is 0 Å². The molecule has 0 spiro atoms. The number of fused-ring (bicyclic) bond motifs is 1. The van der Waals surface area contributed by atoms with Gasteiger partial charge in [0.05, 0.1) is 11.6 Å². The normalized spacial score (nSPS) is 10.0. The van der Waals surface area contributed by atoms with Crippen LogP contribution in [0.3, 0.4) is 0 Å². The van der Waals surface area contributed by atoms with Crippen molar-refractivity contribution in [1.82, 2.24) is 29.9 Å². The molecule has 1 N–H and O–H groups in total. The van der Waals surface area contributed by atoms with E-state index in [1.54, 1.807) is 6.20 Å². The first-order valence-corrected chi connectivity index (χ1v) is 5.05. The summed E-state index contributed by atoms with van der Waals surface area (Å²) in [5, 5.41) is 21.7. The van der Waals surface area contributed by atoms with Gasteiger partial charge in [0.15, 0.2) is 0 Å². The minimum Gasteiger partial charge on any atom is -0.553 e. The van der Waals surface area contributed by atoms with E-state index in [-0.39, 0.29) is 78.4 Å². The Morgan fingerprint density at radius 1 is 1.42 bits per heavy atom. The van der Waals surface area contributed by atoms with Gasteiger partial charge in [-0.1, -0.05) is 17.0 Å². The molecule has 3 rings (SSSR count). The van der Waals surface area contributed by atoms with E-state index in [2.05, 4.69) is 31.6 Å². The number of aliphatic hydroxyl groups is 1. The van der Waals surface area contributed by atoms with Crippen LogP contribution in [0.4, 0.5) is 0 Å². The Bertz CT molecular complexity index is 686. The van der Waals surface area contributed by atoms with Gasteiger partial charge in [-0.25, -0.2) is 0 Å². The van der Waals surface area contributed by atoms with Crippen LogP contribution in [0.15, 0.2) is 12.4 Å². The van der Waals surface area contributed by atoms with Crippen molar-refractivity contribution >= 4 is 22.6 Å². The maximum absolute atomic E-state index is 9.03. The van der Waals surface area contributed by atoms with Crippen molar-refractivity contribution < 1.29 is 76.9 Å². The van der Waals surface area contributed by atoms with E-state index >= 15 is 0 Å². The zero-order chi connectivity index (χ0) is 11.8. The number of halogens is 1. The van der Waals surface area contributed by atoms with Crippen LogP contribution in [0.5, 0.6) is 0 Å². The van der Waals surface area contributed by atoms with Crippen LogP contribution < -0.4 is 56.5 Å². The van der Waals surface area contributed by atoms with Crippen molar-refractivity contribution in [3.63, 3.8) is 0 Å². The van der Waals surface area contributed by atoms with Crippen LogP contribution in [0, 0.1) is 6.33 Å². The third kappa shape index (κ3) is 3.32. The largest absolute Gasteiger partial charge is 1.00 e. The second-order valence-corrected chi connectivity index (χ2v) is 3.66. The molecule has 19 heavy (non-hydrogen) atoms. The first-order valence-electron chi connectivity index (χ1n) is 4.67. The first kappa shape index (κ1) is 17.4. The van der Waals surface area contributed by atoms with Crippen LogP contribution >= 0.6 is 11.6 Å². The maximum Gasteiger partial charge on any atom is 1.00 e. The molecule has 3 heterocycles. The Hall–Kier alpha value is 0.309. The van der Waals surface area contributed by atoms with Crippen molar-refractivity contribution in [2.24, 2.45) is 0 Å². The molecule has 0 aromatic carbocycles. The molecule has 0 fully saturated rings. The van der Waals surface area contributed by atoms with Gasteiger partial charge >= 0.3 is 51.4 Å². The fraction of sp³-hybridized carbons (Fsp3) is 0.111. The summed E-state index contributed by atoms with van der Waals surface area (Å²) < 4.78 is 1.44. The summed E-state index contributed by atoms with van der Waals surface area (Å²) in [6.45, 7) is -0.235. The fourth-order valence-electron chi connectivity index (χ4n) is 1.45. The molecule has 0 unspecified atom stereocenters. The SMILES string of the molecule is OCc1nn(-c2n[c-]nc3[n-]ncc23)cc1Cl.[K+].[Re]. The van der Waals surface area contributed by atoms with Crippen LogP contribution in [-0.4, -0.2) is 30.0 Å². The summed E-state index contributed by atoms with van der Waals surface area (Å²) in [6.07, 6.45) is 5.55. The van der Waals surface area contributed by atoms with E-state index in [9.17, 15) is 0 Å². The average Bonchev–Trinajstić information content (AvgIpc) is 2.94. The van der Waals surface area contributed by atoms with Gasteiger partial charge < -0.3 is 20.2 Å². The van der Waals surface area contributed by atoms with E-state index in [0.717, 1.165) is 0 Å². The summed E-state index contributed by atoms with van der Waals surface area (Å²) in [7, 11) is 0. The first-order chi connectivity index (χ1) is 8.29. The number of aliphatic hydroxyl groups excluding tert-OH is 1. The van der Waals surface area contributed by atoms with Crippen LogP contribution in [0.2, 0.25) is 5.02 Å². The molecule has 0 aliphatic rings. The number of hydrogen-bond acceptors (Lipinski definition) is 5. The maximum atomic E-state index is 9.03. The summed E-state index contributed by atoms with van der Waals surface area (Å²) in [5.74, 6) is 0.474. The second kappa shape index (κ2) is 7.36. The summed E-state index contributed by atoms with van der Waals surface area (Å²) in [6, 6.07) is 0. The summed E-state index contributed by atoms with van der Waals surface area (Å²) in [4.78, 5) is 7.83. The molecular weight excluding hydrogens is 469 g/mol. The van der Waals surface area contributed by atoms with E-state index in [4.69, 9.17) is 16.7 Å². The predicted octanol–water partition coefficient (Wildman–Crippen LogP) is -2.88. The quantitative estimate of drug-likeness (QED) is 0.317. The molecule has 0 saturated heterocycles. The molecule has 0 aliphatic heterocycles. The van der Waals surface area contributed by atoms with Gasteiger partial charge in [-0.3, -0.25) is 9.78 Å². The van der Waals surface area contributed by atoms with Crippen LogP contribution in [-0.2, 0) is 27.0 Å². The third-order valence-corrected chi connectivity index (χ3v) is 2.56. The molecule has 1 radical (unpaired) electrons. The Morgan fingerprint density at radius 2 is 2.21 bits per heavy atom. The predicted molar refractivity (Wildman–Crippen MR) is 57.5 cm³/mol. The van der Waals surface area contributed by atoms with Gasteiger partial charge in [-0.2, -0.15) is 5.10 Å². The minimum atomic E-state index is -0.235. The third-order valence-electron chi connectivity index (χ3n) is 2.24. The Kier molecular flexibility index (Phi) is 6.72. The second-order valence-electron chi connectivity index (χ2n) is 3.26. The van der Waals surface area contributed by atoms with Crippen molar-refractivity contribution in [3.05, 3.63) is 29.4 Å². The topological polar surface area (TPSA) is 90.8 Å². The number of hydrogen-bond donors (Lipinski definition) is 1. The zero-order valence-electron chi connectivity index (χ0n) is 9.75. The standard InChI is InChI=1S/C9H5ClN6O.K.Re/c10-6-2-16(15-7(6)3-17)9-5-1-13-14-8(5)11-4-12-9;;/h1-2,17H,3H2;;/q-2;+1;. The van der Waals surface area contributed by atoms with Crippen molar-refractivity contribution in [2.75, 3.05) is 0 Å². The molecule has 7 nitrogen and oxygen atoms in total. The molecule has 0 amide bonds. The number of rotatable bonds is 2. The van der Waals surface area contributed by atoms with E-state index in [0.29, 0.717) is 27.6 Å². The van der Waals surface area contributed by atoms with Gasteiger partial charge in [0, 0.05) is 38.6 Å². The van der Waals surface area contributed by atoms with Gasteiger partial charge in [0.1, 0.15) is 5.69 Å². The van der Waals surface area contributed by atoms with Crippen LogP contribution in [0.1, 0.15) is 5.69 Å². The van der Waals surface area contributed by atoms with Crippen molar-refractivity contribution in [2.45, 2.75) is 6.61 Å². The van der Waals surface area contributed by atoms with E-state index < -0.39 is 0 Å². The molecule has 0 bridgehead atoms. The molecular formula is C9H5ClKN6ORe-. The van der Waals surface area contributed by atoms with Crippen molar-refractivity contribution in [1.29, 1.82) is 0 Å². The molecule has 0 atom stereocenters. The smallest absolute Gasteiger partial charge is 0.553 e. The Balaban J connectivity index is 0.000000902. The monoisotopic (exact) mass is 474 g/mol. The fourth-order valence-corrected chi connectivity index (χ4v) is 1.64. The van der Waals surface area contributed by atoms with Gasteiger partial charge in [0.25, 0.3) is 0 Å². The van der Waals surface area contributed by atoms with Crippen molar-refractivity contribution in [3.8, 4) is 5.82 Å². The molecule has 3 aromatic heterocycles. The van der Waals surface area contributed by atoms with Gasteiger partial charge in [-0.05, 0) is 0 Å². The summed E-state index contributed by atoms with van der Waals surface area (Å²) >= 11 is 5.89. The number of nitrogens with zero attached hydrogens (tertiary/aromatic N) is 6. The summed E-state index contributed by atoms with van der Waals surface area (Å²) in [5.41, 5.74) is 0.818.